The van der Waals surface area contributed by atoms with E-state index >= 15 is 0 Å². The fraction of sp³-hybridized carbons (Fsp3) is 0.231. The zero-order valence-electron chi connectivity index (χ0n) is 17.6. The predicted octanol–water partition coefficient (Wildman–Crippen LogP) is 4.78. The maximum atomic E-state index is 13.4. The normalized spacial score (nSPS) is 13.6. The molecule has 3 aromatic carbocycles. The van der Waals surface area contributed by atoms with Crippen molar-refractivity contribution in [2.75, 3.05) is 11.9 Å². The summed E-state index contributed by atoms with van der Waals surface area (Å²) in [4.78, 5) is 24.1. The van der Waals surface area contributed by atoms with Gasteiger partial charge in [-0.3, -0.25) is 9.59 Å². The average Bonchev–Trinajstić information content (AvgIpc) is 2.81. The van der Waals surface area contributed by atoms with Gasteiger partial charge in [-0.15, -0.1) is 0 Å². The largest absolute Gasteiger partial charge is 0.494 e. The van der Waals surface area contributed by atoms with Crippen LogP contribution in [0, 0.1) is 5.82 Å². The molecule has 0 aromatic heterocycles. The number of carbonyl (C=O) groups is 2. The van der Waals surface area contributed by atoms with Crippen molar-refractivity contribution in [3.05, 3.63) is 95.3 Å². The second-order valence-electron chi connectivity index (χ2n) is 7.78. The lowest BCUT2D eigenvalue weighted by molar-refractivity contribution is -0.121. The highest BCUT2D eigenvalue weighted by molar-refractivity contribution is 5.94. The van der Waals surface area contributed by atoms with Crippen LogP contribution in [0.2, 0.25) is 0 Å². The van der Waals surface area contributed by atoms with Crippen LogP contribution in [0.4, 0.5) is 10.1 Å². The molecular formula is C26H25FN2O3. The maximum Gasteiger partial charge on any atom is 0.224 e. The van der Waals surface area contributed by atoms with E-state index in [2.05, 4.69) is 10.6 Å². The van der Waals surface area contributed by atoms with Gasteiger partial charge in [0, 0.05) is 18.5 Å². The molecule has 32 heavy (non-hydrogen) atoms. The van der Waals surface area contributed by atoms with Crippen LogP contribution in [-0.4, -0.2) is 18.4 Å². The summed E-state index contributed by atoms with van der Waals surface area (Å²) in [5, 5.41) is 5.90. The van der Waals surface area contributed by atoms with Crippen molar-refractivity contribution in [1.82, 2.24) is 5.32 Å². The third-order valence-corrected chi connectivity index (χ3v) is 5.43. The van der Waals surface area contributed by atoms with E-state index in [1.54, 1.807) is 12.1 Å². The van der Waals surface area contributed by atoms with Gasteiger partial charge in [-0.25, -0.2) is 4.39 Å². The standard InChI is InChI=1S/C26H25FN2O3/c27-21-11-8-19(9-12-21)26(18-5-2-1-3-6-18)29-24(30)7-4-16-32-22-13-14-23-20(17-22)10-15-25(31)28-23/h1-3,5-6,8-9,11-14,17,26H,4,7,10,15-16H2,(H,28,31)(H,29,30). The van der Waals surface area contributed by atoms with Crippen LogP contribution in [0.5, 0.6) is 5.75 Å². The Morgan fingerprint density at radius 3 is 2.53 bits per heavy atom. The van der Waals surface area contributed by atoms with Gasteiger partial charge in [-0.1, -0.05) is 42.5 Å². The molecule has 3 aromatic rings. The first-order valence-electron chi connectivity index (χ1n) is 10.7. The van der Waals surface area contributed by atoms with Crippen LogP contribution in [0.1, 0.15) is 42.0 Å². The van der Waals surface area contributed by atoms with Crippen LogP contribution in [-0.2, 0) is 16.0 Å². The fourth-order valence-electron chi connectivity index (χ4n) is 3.77. The SMILES string of the molecule is O=C1CCc2cc(OCCCC(=O)NC(c3ccccc3)c3ccc(F)cc3)ccc2N1. The second-order valence-corrected chi connectivity index (χ2v) is 7.78. The number of ether oxygens (including phenoxy) is 1. The van der Waals surface area contributed by atoms with Gasteiger partial charge in [0.2, 0.25) is 11.8 Å². The molecule has 2 N–H and O–H groups in total. The van der Waals surface area contributed by atoms with E-state index in [1.807, 2.05) is 48.5 Å². The molecule has 0 fully saturated rings. The summed E-state index contributed by atoms with van der Waals surface area (Å²) in [5.74, 6) is 0.355. The van der Waals surface area contributed by atoms with Crippen molar-refractivity contribution < 1.29 is 18.7 Å². The molecule has 6 heteroatoms. The number of hydrogen-bond donors (Lipinski definition) is 2. The molecule has 0 saturated heterocycles. The number of aryl methyl sites for hydroxylation is 1. The lowest BCUT2D eigenvalue weighted by atomic mass is 9.98. The van der Waals surface area contributed by atoms with Crippen LogP contribution in [0.25, 0.3) is 0 Å². The highest BCUT2D eigenvalue weighted by Gasteiger charge is 2.17. The summed E-state index contributed by atoms with van der Waals surface area (Å²) in [6.07, 6.45) is 2.05. The maximum absolute atomic E-state index is 13.4. The van der Waals surface area contributed by atoms with Gasteiger partial charge in [0.1, 0.15) is 11.6 Å². The molecule has 0 spiro atoms. The molecule has 0 radical (unpaired) electrons. The molecule has 0 bridgehead atoms. The predicted molar refractivity (Wildman–Crippen MR) is 121 cm³/mol. The number of carbonyl (C=O) groups excluding carboxylic acids is 2. The zero-order valence-corrected chi connectivity index (χ0v) is 17.6. The first-order chi connectivity index (χ1) is 15.6. The molecule has 1 heterocycles. The summed E-state index contributed by atoms with van der Waals surface area (Å²) in [7, 11) is 0. The third-order valence-electron chi connectivity index (χ3n) is 5.43. The Morgan fingerprint density at radius 1 is 1.00 bits per heavy atom. The highest BCUT2D eigenvalue weighted by Crippen LogP contribution is 2.27. The van der Waals surface area contributed by atoms with Crippen molar-refractivity contribution in [1.29, 1.82) is 0 Å². The topological polar surface area (TPSA) is 67.4 Å². The number of halogens is 1. The minimum atomic E-state index is -0.346. The summed E-state index contributed by atoms with van der Waals surface area (Å²) < 4.78 is 19.2. The Labute approximate surface area is 186 Å². The summed E-state index contributed by atoms with van der Waals surface area (Å²) >= 11 is 0. The van der Waals surface area contributed by atoms with Crippen LogP contribution in [0.3, 0.4) is 0 Å². The Hall–Kier alpha value is -3.67. The van der Waals surface area contributed by atoms with Gasteiger partial charge < -0.3 is 15.4 Å². The summed E-state index contributed by atoms with van der Waals surface area (Å²) in [5.41, 5.74) is 3.65. The summed E-state index contributed by atoms with van der Waals surface area (Å²) in [6, 6.07) is 21.1. The van der Waals surface area contributed by atoms with Crippen molar-refractivity contribution in [2.45, 2.75) is 31.7 Å². The van der Waals surface area contributed by atoms with E-state index in [4.69, 9.17) is 4.74 Å². The van der Waals surface area contributed by atoms with Crippen molar-refractivity contribution in [3.63, 3.8) is 0 Å². The Morgan fingerprint density at radius 2 is 1.75 bits per heavy atom. The first-order valence-corrected chi connectivity index (χ1v) is 10.7. The highest BCUT2D eigenvalue weighted by atomic mass is 19.1. The van der Waals surface area contributed by atoms with E-state index in [1.165, 1.54) is 12.1 Å². The molecule has 1 aliphatic heterocycles. The van der Waals surface area contributed by atoms with Crippen LogP contribution < -0.4 is 15.4 Å². The van der Waals surface area contributed by atoms with Crippen molar-refractivity contribution >= 4 is 17.5 Å². The van der Waals surface area contributed by atoms with Crippen molar-refractivity contribution in [2.24, 2.45) is 0 Å². The van der Waals surface area contributed by atoms with Crippen LogP contribution in [0.15, 0.2) is 72.8 Å². The van der Waals surface area contributed by atoms with Crippen LogP contribution >= 0.6 is 0 Å². The van der Waals surface area contributed by atoms with E-state index in [0.717, 1.165) is 28.1 Å². The van der Waals surface area contributed by atoms with E-state index in [-0.39, 0.29) is 23.7 Å². The molecule has 0 saturated carbocycles. The van der Waals surface area contributed by atoms with Gasteiger partial charge >= 0.3 is 0 Å². The smallest absolute Gasteiger partial charge is 0.224 e. The molecule has 1 aliphatic rings. The number of amides is 2. The lowest BCUT2D eigenvalue weighted by Crippen LogP contribution is -2.29. The zero-order chi connectivity index (χ0) is 22.3. The molecule has 0 aliphatic carbocycles. The molecule has 4 rings (SSSR count). The molecule has 164 valence electrons. The minimum Gasteiger partial charge on any atom is -0.494 e. The number of hydrogen-bond acceptors (Lipinski definition) is 3. The number of fused-ring (bicyclic) bond motifs is 1. The third kappa shape index (κ3) is 5.52. The minimum absolute atomic E-state index is 0.0339. The number of anilines is 1. The second kappa shape index (κ2) is 10.1. The van der Waals surface area contributed by atoms with Gasteiger partial charge in [-0.05, 0) is 59.9 Å². The Kier molecular flexibility index (Phi) is 6.80. The average molecular weight is 432 g/mol. The number of rotatable bonds is 8. The van der Waals surface area contributed by atoms with E-state index in [9.17, 15) is 14.0 Å². The van der Waals surface area contributed by atoms with E-state index < -0.39 is 0 Å². The quantitative estimate of drug-likeness (QED) is 0.504. The van der Waals surface area contributed by atoms with Gasteiger partial charge in [0.25, 0.3) is 0 Å². The number of nitrogens with one attached hydrogen (secondary N) is 2. The van der Waals surface area contributed by atoms with E-state index in [0.29, 0.717) is 32.3 Å². The molecule has 2 amide bonds. The first kappa shape index (κ1) is 21.6. The summed E-state index contributed by atoms with van der Waals surface area (Å²) in [6.45, 7) is 0.408. The Bertz CT molecular complexity index is 1080. The van der Waals surface area contributed by atoms with Gasteiger partial charge in [0.05, 0.1) is 12.6 Å². The fourth-order valence-corrected chi connectivity index (χ4v) is 3.77. The van der Waals surface area contributed by atoms with Crippen molar-refractivity contribution in [3.8, 4) is 5.75 Å². The lowest BCUT2D eigenvalue weighted by Gasteiger charge is -2.20. The Balaban J connectivity index is 1.31. The molecule has 1 atom stereocenters. The molecule has 1 unspecified atom stereocenters. The molecular weight excluding hydrogens is 407 g/mol. The molecule has 5 nitrogen and oxygen atoms in total. The number of benzene rings is 3. The van der Waals surface area contributed by atoms with Gasteiger partial charge in [0.15, 0.2) is 0 Å². The van der Waals surface area contributed by atoms with Gasteiger partial charge in [-0.2, -0.15) is 0 Å². The monoisotopic (exact) mass is 432 g/mol.